The van der Waals surface area contributed by atoms with E-state index in [1.54, 1.807) is 11.3 Å². The Morgan fingerprint density at radius 3 is 2.41 bits per heavy atom. The minimum atomic E-state index is 0.151. The molecule has 0 bridgehead atoms. The monoisotopic (exact) mass is 354 g/mol. The molecule has 0 unspecified atom stereocenters. The highest BCUT2D eigenvalue weighted by Crippen LogP contribution is 2.30. The summed E-state index contributed by atoms with van der Waals surface area (Å²) in [6.07, 6.45) is 1.81. The van der Waals surface area contributed by atoms with Crippen molar-refractivity contribution in [3.63, 3.8) is 0 Å². The lowest BCUT2D eigenvalue weighted by Crippen LogP contribution is -2.14. The van der Waals surface area contributed by atoms with Gasteiger partial charge in [0.05, 0.1) is 2.88 Å². The van der Waals surface area contributed by atoms with Crippen LogP contribution in [0.15, 0.2) is 35.7 Å². The van der Waals surface area contributed by atoms with Crippen molar-refractivity contribution in [3.05, 3.63) is 55.3 Å². The number of hydrogen-bond donors (Lipinski definition) is 0. The number of halogens is 1. The summed E-state index contributed by atoms with van der Waals surface area (Å²) in [5.41, 5.74) is 3.57. The van der Waals surface area contributed by atoms with Gasteiger partial charge in [0, 0.05) is 16.9 Å². The molecule has 1 aliphatic carbocycles. The van der Waals surface area contributed by atoms with Crippen molar-refractivity contribution in [2.45, 2.75) is 12.8 Å². The smallest absolute Gasteiger partial charge is 0.167 e. The molecule has 0 atom stereocenters. The van der Waals surface area contributed by atoms with Gasteiger partial charge in [-0.15, -0.1) is 11.3 Å². The zero-order valence-electron chi connectivity index (χ0n) is 9.15. The molecule has 0 fully saturated rings. The Bertz CT molecular complexity index is 548. The number of carbonyl (C=O) groups is 1. The highest BCUT2D eigenvalue weighted by atomic mass is 127. The molecule has 3 rings (SSSR count). The second-order valence-corrected chi connectivity index (χ2v) is 7.18. The van der Waals surface area contributed by atoms with Crippen molar-refractivity contribution < 1.29 is 4.79 Å². The number of thiophene rings is 1. The number of Topliss-reactive ketones (excluding diaryl/α,β-unsaturated/α-hetero) is 1. The summed E-state index contributed by atoms with van der Waals surface area (Å²) in [7, 11) is 0. The standard InChI is InChI=1S/C14H11IOS/c15-13-7-12(8-17-13)14(16)11-5-9-3-1-2-4-10(9)6-11/h1-4,7-8,11H,5-6H2. The molecule has 0 radical (unpaired) electrons. The summed E-state index contributed by atoms with van der Waals surface area (Å²) in [6.45, 7) is 0. The molecule has 0 saturated carbocycles. The number of hydrogen-bond acceptors (Lipinski definition) is 2. The fourth-order valence-corrected chi connectivity index (χ4v) is 3.75. The Morgan fingerprint density at radius 1 is 1.24 bits per heavy atom. The van der Waals surface area contributed by atoms with Crippen LogP contribution in [0.4, 0.5) is 0 Å². The molecule has 0 amide bonds. The number of fused-ring (bicyclic) bond motifs is 1. The molecule has 1 aliphatic rings. The van der Waals surface area contributed by atoms with Gasteiger partial charge >= 0.3 is 0 Å². The summed E-state index contributed by atoms with van der Waals surface area (Å²) >= 11 is 3.90. The highest BCUT2D eigenvalue weighted by Gasteiger charge is 2.28. The Morgan fingerprint density at radius 2 is 1.88 bits per heavy atom. The molecule has 2 aromatic rings. The van der Waals surface area contributed by atoms with Gasteiger partial charge in [-0.1, -0.05) is 24.3 Å². The Labute approximate surface area is 118 Å². The van der Waals surface area contributed by atoms with Crippen LogP contribution < -0.4 is 0 Å². The molecule has 1 nitrogen and oxygen atoms in total. The Balaban J connectivity index is 1.83. The third-order valence-electron chi connectivity index (χ3n) is 3.27. The second-order valence-electron chi connectivity index (χ2n) is 4.38. The molecule has 17 heavy (non-hydrogen) atoms. The van der Waals surface area contributed by atoms with E-state index in [1.807, 2.05) is 11.4 Å². The van der Waals surface area contributed by atoms with Gasteiger partial charge in [0.15, 0.2) is 5.78 Å². The quantitative estimate of drug-likeness (QED) is 0.590. The van der Waals surface area contributed by atoms with Gasteiger partial charge in [0.1, 0.15) is 0 Å². The summed E-state index contributed by atoms with van der Waals surface area (Å²) in [5, 5.41) is 1.98. The van der Waals surface area contributed by atoms with Crippen LogP contribution in [0.25, 0.3) is 0 Å². The normalized spacial score (nSPS) is 14.9. The van der Waals surface area contributed by atoms with Gasteiger partial charge in [-0.05, 0) is 52.6 Å². The molecule has 86 valence electrons. The van der Waals surface area contributed by atoms with Crippen molar-refractivity contribution in [2.75, 3.05) is 0 Å². The molecule has 1 heterocycles. The van der Waals surface area contributed by atoms with Crippen LogP contribution in [0.3, 0.4) is 0 Å². The van der Waals surface area contributed by atoms with Crippen molar-refractivity contribution >= 4 is 39.7 Å². The molecule has 1 aromatic heterocycles. The first-order valence-electron chi connectivity index (χ1n) is 5.59. The second kappa shape index (κ2) is 4.53. The van der Waals surface area contributed by atoms with Crippen LogP contribution in [0.2, 0.25) is 0 Å². The van der Waals surface area contributed by atoms with Gasteiger partial charge in [-0.2, -0.15) is 0 Å². The number of ketones is 1. The number of benzene rings is 1. The fourth-order valence-electron chi connectivity index (χ4n) is 2.42. The first-order chi connectivity index (χ1) is 8.24. The summed E-state index contributed by atoms with van der Waals surface area (Å²) in [6, 6.07) is 10.4. The molecule has 0 N–H and O–H groups in total. The van der Waals surface area contributed by atoms with Crippen LogP contribution in [0.5, 0.6) is 0 Å². The van der Waals surface area contributed by atoms with E-state index < -0.39 is 0 Å². The van der Waals surface area contributed by atoms with E-state index in [0.29, 0.717) is 5.78 Å². The molecule has 0 aliphatic heterocycles. The van der Waals surface area contributed by atoms with E-state index in [4.69, 9.17) is 0 Å². The van der Waals surface area contributed by atoms with E-state index in [1.165, 1.54) is 14.0 Å². The van der Waals surface area contributed by atoms with Crippen LogP contribution in [-0.4, -0.2) is 5.78 Å². The predicted molar refractivity (Wildman–Crippen MR) is 78.7 cm³/mol. The zero-order valence-corrected chi connectivity index (χ0v) is 12.1. The summed E-state index contributed by atoms with van der Waals surface area (Å²) < 4.78 is 1.18. The first-order valence-corrected chi connectivity index (χ1v) is 7.55. The molecule has 3 heteroatoms. The summed E-state index contributed by atoms with van der Waals surface area (Å²) in [4.78, 5) is 12.3. The Kier molecular flexibility index (Phi) is 3.04. The minimum absolute atomic E-state index is 0.151. The van der Waals surface area contributed by atoms with Crippen LogP contribution in [-0.2, 0) is 12.8 Å². The topological polar surface area (TPSA) is 17.1 Å². The molecule has 1 aromatic carbocycles. The molecule has 0 spiro atoms. The lowest BCUT2D eigenvalue weighted by molar-refractivity contribution is 0.0925. The molecule has 0 saturated heterocycles. The van der Waals surface area contributed by atoms with Crippen LogP contribution >= 0.6 is 33.9 Å². The van der Waals surface area contributed by atoms with Crippen LogP contribution in [0.1, 0.15) is 21.5 Å². The fraction of sp³-hybridized carbons (Fsp3) is 0.214. The van der Waals surface area contributed by atoms with Gasteiger partial charge in [0.2, 0.25) is 0 Å². The lowest BCUT2D eigenvalue weighted by Gasteiger charge is -2.05. The third kappa shape index (κ3) is 2.18. The first kappa shape index (κ1) is 11.4. The van der Waals surface area contributed by atoms with E-state index in [0.717, 1.165) is 18.4 Å². The third-order valence-corrected chi connectivity index (χ3v) is 5.06. The molecular weight excluding hydrogens is 343 g/mol. The Hall–Kier alpha value is -0.680. The maximum atomic E-state index is 12.3. The zero-order chi connectivity index (χ0) is 11.8. The van der Waals surface area contributed by atoms with Gasteiger partial charge < -0.3 is 0 Å². The van der Waals surface area contributed by atoms with Crippen LogP contribution in [0, 0.1) is 8.80 Å². The molecular formula is C14H11IOS. The average molecular weight is 354 g/mol. The van der Waals surface area contributed by atoms with E-state index >= 15 is 0 Å². The maximum Gasteiger partial charge on any atom is 0.167 e. The van der Waals surface area contributed by atoms with Crippen molar-refractivity contribution in [1.29, 1.82) is 0 Å². The largest absolute Gasteiger partial charge is 0.294 e. The van der Waals surface area contributed by atoms with E-state index in [9.17, 15) is 4.79 Å². The van der Waals surface area contributed by atoms with Gasteiger partial charge in [0.25, 0.3) is 0 Å². The highest BCUT2D eigenvalue weighted by molar-refractivity contribution is 14.1. The average Bonchev–Trinajstić information content (AvgIpc) is 2.93. The van der Waals surface area contributed by atoms with Gasteiger partial charge in [-0.3, -0.25) is 4.79 Å². The minimum Gasteiger partial charge on any atom is -0.294 e. The van der Waals surface area contributed by atoms with Crippen molar-refractivity contribution in [1.82, 2.24) is 0 Å². The summed E-state index contributed by atoms with van der Waals surface area (Å²) in [5.74, 6) is 0.457. The predicted octanol–water partition coefficient (Wildman–Crippen LogP) is 3.95. The maximum absolute atomic E-state index is 12.3. The van der Waals surface area contributed by atoms with Crippen molar-refractivity contribution in [3.8, 4) is 0 Å². The van der Waals surface area contributed by atoms with Gasteiger partial charge in [-0.25, -0.2) is 0 Å². The SMILES string of the molecule is O=C(c1csc(I)c1)C1Cc2ccccc2C1. The number of carbonyl (C=O) groups excluding carboxylic acids is 1. The van der Waals surface area contributed by atoms with E-state index in [2.05, 4.69) is 46.9 Å². The van der Waals surface area contributed by atoms with Crippen molar-refractivity contribution in [2.24, 2.45) is 5.92 Å². The lowest BCUT2D eigenvalue weighted by atomic mass is 9.97. The van der Waals surface area contributed by atoms with E-state index in [-0.39, 0.29) is 5.92 Å². The number of rotatable bonds is 2.